The fourth-order valence-electron chi connectivity index (χ4n) is 3.04. The maximum Gasteiger partial charge on any atom is 0.209 e. The van der Waals surface area contributed by atoms with Gasteiger partial charge in [0.2, 0.25) is 11.7 Å². The summed E-state index contributed by atoms with van der Waals surface area (Å²) in [5.74, 6) is -1.01. The molecule has 1 unspecified atom stereocenters. The Labute approximate surface area is 154 Å². The molecule has 3 aromatic rings. The zero-order valence-electron chi connectivity index (χ0n) is 13.1. The summed E-state index contributed by atoms with van der Waals surface area (Å²) in [6.45, 7) is 0. The molecule has 1 aliphatic rings. The Balaban J connectivity index is 1.90. The van der Waals surface area contributed by atoms with Gasteiger partial charge in [-0.15, -0.1) is 0 Å². The molecule has 6 N–H and O–H groups in total. The minimum Gasteiger partial charge on any atom is -0.369 e. The minimum absolute atomic E-state index is 0.202. The molecule has 3 aromatic carbocycles. The minimum atomic E-state index is -1.21. The van der Waals surface area contributed by atoms with Crippen molar-refractivity contribution in [3.8, 4) is 11.1 Å². The SMILES string of the molecule is NC1=NC(N)(c2cc(Cl)c(-c3cccc4ccccc34)c(Cl)c2)NN1. The Morgan fingerprint density at radius 2 is 1.64 bits per heavy atom. The summed E-state index contributed by atoms with van der Waals surface area (Å²) in [4.78, 5) is 4.16. The first-order valence-electron chi connectivity index (χ1n) is 7.63. The number of hydrogen-bond acceptors (Lipinski definition) is 5. The Kier molecular flexibility index (Phi) is 3.81. The number of rotatable bonds is 2. The molecule has 0 radical (unpaired) electrons. The van der Waals surface area contributed by atoms with E-state index in [-0.39, 0.29) is 5.96 Å². The summed E-state index contributed by atoms with van der Waals surface area (Å²) in [6.07, 6.45) is 0. The standard InChI is InChI=1S/C18H15Cl2N5/c19-14-8-11(18(22)23-17(21)24-25-18)9-15(20)16(14)13-7-3-5-10-4-1-2-6-12(10)13/h1-9,25H,22H2,(H3,21,23,24). The average molecular weight is 372 g/mol. The van der Waals surface area contributed by atoms with Gasteiger partial charge in [-0.3, -0.25) is 11.2 Å². The summed E-state index contributed by atoms with van der Waals surface area (Å²) in [5.41, 5.74) is 19.7. The summed E-state index contributed by atoms with van der Waals surface area (Å²) in [7, 11) is 0. The molecular formula is C18H15Cl2N5. The zero-order valence-corrected chi connectivity index (χ0v) is 14.6. The molecule has 4 rings (SSSR count). The van der Waals surface area contributed by atoms with Gasteiger partial charge in [-0.2, -0.15) is 5.43 Å². The van der Waals surface area contributed by atoms with Crippen molar-refractivity contribution in [3.05, 3.63) is 70.2 Å². The lowest BCUT2D eigenvalue weighted by atomic mass is 9.96. The molecule has 1 heterocycles. The summed E-state index contributed by atoms with van der Waals surface area (Å²) in [5, 5.41) is 3.18. The molecule has 1 atom stereocenters. The highest BCUT2D eigenvalue weighted by molar-refractivity contribution is 6.40. The topological polar surface area (TPSA) is 88.5 Å². The number of nitrogens with two attached hydrogens (primary N) is 2. The molecule has 0 aromatic heterocycles. The smallest absolute Gasteiger partial charge is 0.209 e. The molecule has 0 amide bonds. The van der Waals surface area contributed by atoms with Crippen molar-refractivity contribution in [3.63, 3.8) is 0 Å². The number of hydrogen-bond donors (Lipinski definition) is 4. The van der Waals surface area contributed by atoms with E-state index < -0.39 is 5.79 Å². The van der Waals surface area contributed by atoms with E-state index in [0.717, 1.165) is 21.9 Å². The highest BCUT2D eigenvalue weighted by Gasteiger charge is 2.32. The third-order valence-corrected chi connectivity index (χ3v) is 4.82. The predicted molar refractivity (Wildman–Crippen MR) is 103 cm³/mol. The Morgan fingerprint density at radius 3 is 2.32 bits per heavy atom. The van der Waals surface area contributed by atoms with Crippen molar-refractivity contribution >= 4 is 39.9 Å². The van der Waals surface area contributed by atoms with Crippen LogP contribution in [0.5, 0.6) is 0 Å². The lowest BCUT2D eigenvalue weighted by Crippen LogP contribution is -2.50. The molecule has 0 saturated heterocycles. The number of aliphatic imine (C=N–C) groups is 1. The molecule has 0 fully saturated rings. The third kappa shape index (κ3) is 2.71. The fourth-order valence-corrected chi connectivity index (χ4v) is 3.73. The highest BCUT2D eigenvalue weighted by atomic mass is 35.5. The molecule has 7 heteroatoms. The van der Waals surface area contributed by atoms with Gasteiger partial charge in [0, 0.05) is 11.1 Å². The van der Waals surface area contributed by atoms with Gasteiger partial charge in [0.15, 0.2) is 0 Å². The normalized spacial score (nSPS) is 19.7. The zero-order chi connectivity index (χ0) is 17.6. The van der Waals surface area contributed by atoms with Crippen LogP contribution in [0.15, 0.2) is 59.6 Å². The van der Waals surface area contributed by atoms with E-state index in [4.69, 9.17) is 34.7 Å². The van der Waals surface area contributed by atoms with Crippen LogP contribution in [0.3, 0.4) is 0 Å². The van der Waals surface area contributed by atoms with Gasteiger partial charge in [0.25, 0.3) is 0 Å². The first-order chi connectivity index (χ1) is 12.0. The third-order valence-electron chi connectivity index (χ3n) is 4.22. The van der Waals surface area contributed by atoms with Crippen LogP contribution < -0.4 is 22.3 Å². The van der Waals surface area contributed by atoms with E-state index in [1.807, 2.05) is 30.3 Å². The van der Waals surface area contributed by atoms with Crippen LogP contribution in [0.2, 0.25) is 10.0 Å². The number of hydrazine groups is 1. The van der Waals surface area contributed by atoms with Crippen LogP contribution in [-0.4, -0.2) is 5.96 Å². The van der Waals surface area contributed by atoms with Gasteiger partial charge in [0.05, 0.1) is 10.0 Å². The largest absolute Gasteiger partial charge is 0.369 e. The van der Waals surface area contributed by atoms with Crippen molar-refractivity contribution in [2.24, 2.45) is 16.5 Å². The van der Waals surface area contributed by atoms with Gasteiger partial charge < -0.3 is 5.73 Å². The number of nitrogens with one attached hydrogen (secondary N) is 2. The summed E-state index contributed by atoms with van der Waals surface area (Å²) < 4.78 is 0. The Bertz CT molecular complexity index is 989. The first kappa shape index (κ1) is 16.2. The number of fused-ring (bicyclic) bond motifs is 1. The molecule has 126 valence electrons. The Morgan fingerprint density at radius 1 is 0.960 bits per heavy atom. The Hall–Kier alpha value is -2.31. The quantitative estimate of drug-likeness (QED) is 0.556. The van der Waals surface area contributed by atoms with Crippen molar-refractivity contribution in [2.75, 3.05) is 0 Å². The van der Waals surface area contributed by atoms with Crippen molar-refractivity contribution < 1.29 is 0 Å². The van der Waals surface area contributed by atoms with Crippen molar-refractivity contribution in [2.45, 2.75) is 5.79 Å². The second-order valence-corrected chi connectivity index (χ2v) is 6.67. The molecule has 0 bridgehead atoms. The lowest BCUT2D eigenvalue weighted by Gasteiger charge is -2.22. The van der Waals surface area contributed by atoms with Crippen LogP contribution in [0.1, 0.15) is 5.56 Å². The van der Waals surface area contributed by atoms with E-state index in [1.54, 1.807) is 12.1 Å². The average Bonchev–Trinajstić information content (AvgIpc) is 2.95. The lowest BCUT2D eigenvalue weighted by molar-refractivity contribution is 0.375. The molecule has 0 spiro atoms. The van der Waals surface area contributed by atoms with E-state index >= 15 is 0 Å². The monoisotopic (exact) mass is 371 g/mol. The number of guanidine groups is 1. The molecule has 0 saturated carbocycles. The van der Waals surface area contributed by atoms with Gasteiger partial charge in [-0.1, -0.05) is 65.7 Å². The molecule has 0 aliphatic carbocycles. The maximum absolute atomic E-state index is 6.58. The second kappa shape index (κ2) is 5.89. The fraction of sp³-hybridized carbons (Fsp3) is 0.0556. The van der Waals surface area contributed by atoms with Crippen LogP contribution in [-0.2, 0) is 5.79 Å². The maximum atomic E-state index is 6.58. The highest BCUT2D eigenvalue weighted by Crippen LogP contribution is 2.40. The van der Waals surface area contributed by atoms with E-state index in [9.17, 15) is 0 Å². The van der Waals surface area contributed by atoms with Crippen LogP contribution in [0.4, 0.5) is 0 Å². The summed E-state index contributed by atoms with van der Waals surface area (Å²) in [6, 6.07) is 17.6. The molecule has 5 nitrogen and oxygen atoms in total. The van der Waals surface area contributed by atoms with E-state index in [1.165, 1.54) is 0 Å². The number of halogens is 2. The second-order valence-electron chi connectivity index (χ2n) is 5.86. The van der Waals surface area contributed by atoms with E-state index in [2.05, 4.69) is 28.0 Å². The van der Waals surface area contributed by atoms with Gasteiger partial charge in [-0.25, -0.2) is 4.99 Å². The van der Waals surface area contributed by atoms with Crippen LogP contribution >= 0.6 is 23.2 Å². The van der Waals surface area contributed by atoms with Gasteiger partial charge in [0.1, 0.15) is 0 Å². The predicted octanol–water partition coefficient (Wildman–Crippen LogP) is 3.31. The summed E-state index contributed by atoms with van der Waals surface area (Å²) >= 11 is 13.2. The van der Waals surface area contributed by atoms with E-state index in [0.29, 0.717) is 15.6 Å². The molecular weight excluding hydrogens is 357 g/mol. The molecule has 25 heavy (non-hydrogen) atoms. The van der Waals surface area contributed by atoms with Crippen LogP contribution in [0.25, 0.3) is 21.9 Å². The van der Waals surface area contributed by atoms with Crippen molar-refractivity contribution in [1.82, 2.24) is 10.9 Å². The van der Waals surface area contributed by atoms with Crippen LogP contribution in [0, 0.1) is 0 Å². The van der Waals surface area contributed by atoms with Gasteiger partial charge in [-0.05, 0) is 28.5 Å². The number of benzene rings is 3. The van der Waals surface area contributed by atoms with Gasteiger partial charge >= 0.3 is 0 Å². The first-order valence-corrected chi connectivity index (χ1v) is 8.38. The molecule has 1 aliphatic heterocycles. The number of nitrogens with zero attached hydrogens (tertiary/aromatic N) is 1. The van der Waals surface area contributed by atoms with Crippen molar-refractivity contribution in [1.29, 1.82) is 0 Å².